The minimum atomic E-state index is -0.121. The van der Waals surface area contributed by atoms with Crippen molar-refractivity contribution in [2.24, 2.45) is 0 Å². The van der Waals surface area contributed by atoms with Gasteiger partial charge < -0.3 is 10.1 Å². The molecule has 0 saturated carbocycles. The molecule has 0 bridgehead atoms. The number of likely N-dealkylation sites (N-methyl/N-ethyl adjacent to an activating group) is 1. The zero-order chi connectivity index (χ0) is 14.4. The Hall–Kier alpha value is -1.52. The lowest BCUT2D eigenvalue weighted by Crippen LogP contribution is -2.31. The Morgan fingerprint density at radius 1 is 1.47 bits per heavy atom. The second-order valence-corrected chi connectivity index (χ2v) is 4.96. The van der Waals surface area contributed by atoms with E-state index in [1.807, 2.05) is 18.9 Å². The van der Waals surface area contributed by atoms with Crippen LogP contribution in [0, 0.1) is 0 Å². The molecule has 0 aliphatic carbocycles. The molecule has 0 aliphatic heterocycles. The molecule has 1 N–H and O–H groups in total. The van der Waals surface area contributed by atoms with Gasteiger partial charge in [-0.05, 0) is 32.2 Å². The topological polar surface area (TPSA) is 41.6 Å². The quantitative estimate of drug-likeness (QED) is 0.816. The largest absolute Gasteiger partial charge is 0.495 e. The van der Waals surface area contributed by atoms with Crippen molar-refractivity contribution in [3.05, 3.63) is 35.4 Å². The lowest BCUT2D eigenvalue weighted by Gasteiger charge is -2.17. The van der Waals surface area contributed by atoms with Crippen LogP contribution in [0.1, 0.15) is 6.92 Å². The highest BCUT2D eigenvalue weighted by Crippen LogP contribution is 2.27. The third-order valence-corrected chi connectivity index (χ3v) is 2.62. The van der Waals surface area contributed by atoms with Crippen LogP contribution < -0.4 is 10.1 Å². The fourth-order valence-corrected chi connectivity index (χ4v) is 1.90. The fourth-order valence-electron chi connectivity index (χ4n) is 1.73. The molecular weight excluding hydrogens is 264 g/mol. The Morgan fingerprint density at radius 2 is 2.16 bits per heavy atom. The van der Waals surface area contributed by atoms with Gasteiger partial charge in [-0.15, -0.1) is 0 Å². The molecule has 4 nitrogen and oxygen atoms in total. The lowest BCUT2D eigenvalue weighted by atomic mass is 10.3. The Bertz CT molecular complexity index is 475. The van der Waals surface area contributed by atoms with Crippen LogP contribution in [-0.2, 0) is 4.79 Å². The van der Waals surface area contributed by atoms with E-state index >= 15 is 0 Å². The van der Waals surface area contributed by atoms with Gasteiger partial charge in [0.15, 0.2) is 0 Å². The lowest BCUT2D eigenvalue weighted by molar-refractivity contribution is -0.116. The monoisotopic (exact) mass is 282 g/mol. The molecule has 1 rings (SSSR count). The summed E-state index contributed by atoms with van der Waals surface area (Å²) in [4.78, 5) is 13.8. The van der Waals surface area contributed by atoms with Crippen molar-refractivity contribution in [1.29, 1.82) is 0 Å². The molecular formula is C14H19ClN2O2. The average Bonchev–Trinajstić information content (AvgIpc) is 2.27. The number of amides is 1. The standard InChI is InChI=1S/C14H19ClN2O2/c1-10(2)8-17(3)9-14(18)16-12-7-11(15)5-6-13(12)19-4/h5-7H,1,8-9H2,2-4H3,(H,16,18). The van der Waals surface area contributed by atoms with Crippen molar-refractivity contribution in [3.8, 4) is 5.75 Å². The molecule has 0 fully saturated rings. The maximum absolute atomic E-state index is 11.9. The minimum Gasteiger partial charge on any atom is -0.495 e. The second-order valence-electron chi connectivity index (χ2n) is 4.52. The normalized spacial score (nSPS) is 10.4. The van der Waals surface area contributed by atoms with Crippen molar-refractivity contribution < 1.29 is 9.53 Å². The first-order valence-corrected chi connectivity index (χ1v) is 6.26. The Kier molecular flexibility index (Phi) is 5.86. The van der Waals surface area contributed by atoms with E-state index in [4.69, 9.17) is 16.3 Å². The van der Waals surface area contributed by atoms with Crippen LogP contribution in [0.25, 0.3) is 0 Å². The summed E-state index contributed by atoms with van der Waals surface area (Å²) in [5.74, 6) is 0.463. The predicted molar refractivity (Wildman–Crippen MR) is 78.9 cm³/mol. The molecule has 0 atom stereocenters. The molecule has 1 aromatic carbocycles. The van der Waals surface area contributed by atoms with Gasteiger partial charge in [-0.1, -0.05) is 23.8 Å². The van der Waals surface area contributed by atoms with Crippen LogP contribution in [0.5, 0.6) is 5.75 Å². The first-order valence-electron chi connectivity index (χ1n) is 5.88. The van der Waals surface area contributed by atoms with Crippen molar-refractivity contribution in [3.63, 3.8) is 0 Å². The maximum atomic E-state index is 11.9. The SMILES string of the molecule is C=C(C)CN(C)CC(=O)Nc1cc(Cl)ccc1OC. The molecule has 0 aromatic heterocycles. The van der Waals surface area contributed by atoms with E-state index in [2.05, 4.69) is 11.9 Å². The Labute approximate surface area is 119 Å². The van der Waals surface area contributed by atoms with Gasteiger partial charge in [-0.2, -0.15) is 0 Å². The van der Waals surface area contributed by atoms with Gasteiger partial charge in [0.1, 0.15) is 5.75 Å². The molecule has 5 heteroatoms. The highest BCUT2D eigenvalue weighted by molar-refractivity contribution is 6.31. The number of halogens is 1. The molecule has 0 spiro atoms. The van der Waals surface area contributed by atoms with E-state index in [0.29, 0.717) is 23.0 Å². The van der Waals surface area contributed by atoms with E-state index in [9.17, 15) is 4.79 Å². The third kappa shape index (κ3) is 5.32. The number of benzene rings is 1. The zero-order valence-corrected chi connectivity index (χ0v) is 12.3. The summed E-state index contributed by atoms with van der Waals surface area (Å²) < 4.78 is 5.17. The van der Waals surface area contributed by atoms with Crippen LogP contribution in [-0.4, -0.2) is 38.1 Å². The van der Waals surface area contributed by atoms with E-state index in [0.717, 1.165) is 5.57 Å². The minimum absolute atomic E-state index is 0.121. The summed E-state index contributed by atoms with van der Waals surface area (Å²) in [7, 11) is 3.41. The molecule has 0 radical (unpaired) electrons. The van der Waals surface area contributed by atoms with Crippen LogP contribution in [0.3, 0.4) is 0 Å². The summed E-state index contributed by atoms with van der Waals surface area (Å²) >= 11 is 5.90. The van der Waals surface area contributed by atoms with Crippen LogP contribution in [0.2, 0.25) is 5.02 Å². The van der Waals surface area contributed by atoms with Gasteiger partial charge in [0.05, 0.1) is 19.3 Å². The van der Waals surface area contributed by atoms with Crippen LogP contribution >= 0.6 is 11.6 Å². The van der Waals surface area contributed by atoms with Gasteiger partial charge in [0, 0.05) is 11.6 Å². The van der Waals surface area contributed by atoms with Crippen molar-refractivity contribution >= 4 is 23.2 Å². The predicted octanol–water partition coefficient (Wildman–Crippen LogP) is 2.80. The number of nitrogens with one attached hydrogen (secondary N) is 1. The number of anilines is 1. The number of methoxy groups -OCH3 is 1. The number of rotatable bonds is 6. The van der Waals surface area contributed by atoms with Gasteiger partial charge >= 0.3 is 0 Å². The van der Waals surface area contributed by atoms with E-state index in [1.165, 1.54) is 0 Å². The summed E-state index contributed by atoms with van der Waals surface area (Å²) in [6.45, 7) is 6.70. The summed E-state index contributed by atoms with van der Waals surface area (Å²) in [5, 5.41) is 3.33. The molecule has 0 aliphatic rings. The van der Waals surface area contributed by atoms with Crippen LogP contribution in [0.4, 0.5) is 5.69 Å². The smallest absolute Gasteiger partial charge is 0.238 e. The second kappa shape index (κ2) is 7.16. The van der Waals surface area contributed by atoms with Crippen molar-refractivity contribution in [2.45, 2.75) is 6.92 Å². The van der Waals surface area contributed by atoms with Crippen molar-refractivity contribution in [1.82, 2.24) is 4.90 Å². The number of nitrogens with zero attached hydrogens (tertiary/aromatic N) is 1. The molecule has 0 unspecified atom stereocenters. The number of hydrogen-bond acceptors (Lipinski definition) is 3. The number of hydrogen-bond donors (Lipinski definition) is 1. The van der Waals surface area contributed by atoms with Gasteiger partial charge in [-0.25, -0.2) is 0 Å². The summed E-state index contributed by atoms with van der Waals surface area (Å²) in [6.07, 6.45) is 0. The first kappa shape index (κ1) is 15.5. The molecule has 19 heavy (non-hydrogen) atoms. The highest BCUT2D eigenvalue weighted by Gasteiger charge is 2.10. The number of carbonyl (C=O) groups is 1. The van der Waals surface area contributed by atoms with Gasteiger partial charge in [0.2, 0.25) is 5.91 Å². The maximum Gasteiger partial charge on any atom is 0.238 e. The third-order valence-electron chi connectivity index (χ3n) is 2.39. The fraction of sp³-hybridized carbons (Fsp3) is 0.357. The number of carbonyl (C=O) groups excluding carboxylic acids is 1. The summed E-state index contributed by atoms with van der Waals surface area (Å²) in [5.41, 5.74) is 1.58. The first-order chi connectivity index (χ1) is 8.92. The van der Waals surface area contributed by atoms with E-state index in [-0.39, 0.29) is 12.5 Å². The molecule has 104 valence electrons. The Morgan fingerprint density at radius 3 is 2.74 bits per heavy atom. The highest BCUT2D eigenvalue weighted by atomic mass is 35.5. The van der Waals surface area contributed by atoms with Gasteiger partial charge in [0.25, 0.3) is 0 Å². The number of ether oxygens (including phenoxy) is 1. The zero-order valence-electron chi connectivity index (χ0n) is 11.5. The average molecular weight is 283 g/mol. The summed E-state index contributed by atoms with van der Waals surface area (Å²) in [6, 6.07) is 5.09. The van der Waals surface area contributed by atoms with Gasteiger partial charge in [-0.3, -0.25) is 9.69 Å². The van der Waals surface area contributed by atoms with Crippen LogP contribution in [0.15, 0.2) is 30.4 Å². The van der Waals surface area contributed by atoms with E-state index in [1.54, 1.807) is 25.3 Å². The Balaban J connectivity index is 2.66. The molecule has 1 aromatic rings. The molecule has 0 heterocycles. The van der Waals surface area contributed by atoms with Crippen molar-refractivity contribution in [2.75, 3.05) is 32.6 Å². The molecule has 0 saturated heterocycles. The van der Waals surface area contributed by atoms with E-state index < -0.39 is 0 Å². The molecule has 1 amide bonds.